The molecule has 2 rings (SSSR count). The Morgan fingerprint density at radius 2 is 2.22 bits per heavy atom. The molecule has 0 aliphatic carbocycles. The Bertz CT molecular complexity index is 478. The van der Waals surface area contributed by atoms with Crippen LogP contribution in [0.4, 0.5) is 0 Å². The van der Waals surface area contributed by atoms with Crippen molar-refractivity contribution in [3.63, 3.8) is 0 Å². The van der Waals surface area contributed by atoms with Crippen molar-refractivity contribution in [3.8, 4) is 10.6 Å². The van der Waals surface area contributed by atoms with Crippen molar-refractivity contribution in [2.45, 2.75) is 33.1 Å². The lowest BCUT2D eigenvalue weighted by Gasteiger charge is -1.99. The number of nitrogens with one attached hydrogen (secondary N) is 1. The molecule has 0 atom stereocenters. The fraction of sp³-hybridized carbons (Fsp3) is 0.538. The van der Waals surface area contributed by atoms with E-state index in [9.17, 15) is 0 Å². The molecule has 98 valence electrons. The molecule has 0 radical (unpaired) electrons. The van der Waals surface area contributed by atoms with E-state index in [0.717, 1.165) is 47.3 Å². The minimum absolute atomic E-state index is 0.905. The Morgan fingerprint density at radius 1 is 1.33 bits per heavy atom. The Labute approximate surface area is 111 Å². The first-order valence-corrected chi connectivity index (χ1v) is 7.20. The third kappa shape index (κ3) is 3.40. The number of hydrogen-bond acceptors (Lipinski definition) is 5. The van der Waals surface area contributed by atoms with Gasteiger partial charge in [0.1, 0.15) is 10.8 Å². The van der Waals surface area contributed by atoms with Gasteiger partial charge < -0.3 is 9.73 Å². The Morgan fingerprint density at radius 3 is 2.94 bits per heavy atom. The maximum absolute atomic E-state index is 5.28. The molecular formula is C13H19N3OS. The number of hydrogen-bond donors (Lipinski definition) is 1. The predicted octanol–water partition coefficient (Wildman–Crippen LogP) is 3.04. The molecule has 0 fully saturated rings. The summed E-state index contributed by atoms with van der Waals surface area (Å²) in [6.45, 7) is 6.27. The number of aromatic nitrogens is 2. The van der Waals surface area contributed by atoms with Gasteiger partial charge in [-0.15, -0.1) is 10.2 Å². The fourth-order valence-corrected chi connectivity index (χ4v) is 2.69. The van der Waals surface area contributed by atoms with Gasteiger partial charge in [-0.05, 0) is 38.9 Å². The van der Waals surface area contributed by atoms with E-state index < -0.39 is 0 Å². The normalized spacial score (nSPS) is 11.0. The maximum Gasteiger partial charge on any atom is 0.151 e. The quantitative estimate of drug-likeness (QED) is 0.782. The third-order valence-electron chi connectivity index (χ3n) is 2.73. The highest BCUT2D eigenvalue weighted by atomic mass is 32.1. The lowest BCUT2D eigenvalue weighted by Crippen LogP contribution is -2.16. The first kappa shape index (κ1) is 13.2. The van der Waals surface area contributed by atoms with E-state index in [4.69, 9.17) is 4.42 Å². The summed E-state index contributed by atoms with van der Waals surface area (Å²) in [5.74, 6) is 0.905. The van der Waals surface area contributed by atoms with E-state index in [1.165, 1.54) is 6.42 Å². The molecule has 5 heteroatoms. The molecule has 0 amide bonds. The summed E-state index contributed by atoms with van der Waals surface area (Å²) in [7, 11) is 0. The lowest BCUT2D eigenvalue weighted by molar-refractivity contribution is 0.535. The van der Waals surface area contributed by atoms with Crippen LogP contribution in [0.5, 0.6) is 0 Å². The molecule has 0 saturated carbocycles. The minimum atomic E-state index is 0.905. The molecule has 1 N–H and O–H groups in total. The number of nitrogens with zero attached hydrogens (tertiary/aromatic N) is 2. The van der Waals surface area contributed by atoms with Gasteiger partial charge in [-0.25, -0.2) is 0 Å². The highest BCUT2D eigenvalue weighted by Gasteiger charge is 2.10. The van der Waals surface area contributed by atoms with Gasteiger partial charge >= 0.3 is 0 Å². The van der Waals surface area contributed by atoms with Crippen LogP contribution in [0.15, 0.2) is 16.7 Å². The van der Waals surface area contributed by atoms with Gasteiger partial charge in [0, 0.05) is 6.42 Å². The Hall–Kier alpha value is -1.20. The second-order valence-corrected chi connectivity index (χ2v) is 5.31. The van der Waals surface area contributed by atoms with Crippen molar-refractivity contribution in [3.05, 3.63) is 23.1 Å². The number of furan rings is 1. The third-order valence-corrected chi connectivity index (χ3v) is 3.74. The fourth-order valence-electron chi connectivity index (χ4n) is 1.74. The summed E-state index contributed by atoms with van der Waals surface area (Å²) in [4.78, 5) is 0. The van der Waals surface area contributed by atoms with Crippen molar-refractivity contribution >= 4 is 11.3 Å². The van der Waals surface area contributed by atoms with Crippen LogP contribution in [0.25, 0.3) is 10.6 Å². The second-order valence-electron chi connectivity index (χ2n) is 4.24. The van der Waals surface area contributed by atoms with Crippen molar-refractivity contribution in [2.75, 3.05) is 13.1 Å². The zero-order valence-corrected chi connectivity index (χ0v) is 11.7. The summed E-state index contributed by atoms with van der Waals surface area (Å²) in [5.41, 5.74) is 1.06. The summed E-state index contributed by atoms with van der Waals surface area (Å²) in [6, 6.07) is 1.95. The molecule has 0 aromatic carbocycles. The molecule has 2 aromatic rings. The first-order chi connectivity index (χ1) is 8.81. The van der Waals surface area contributed by atoms with Crippen LogP contribution >= 0.6 is 11.3 Å². The Balaban J connectivity index is 1.85. The van der Waals surface area contributed by atoms with Gasteiger partial charge in [0.25, 0.3) is 0 Å². The van der Waals surface area contributed by atoms with Crippen molar-refractivity contribution < 1.29 is 4.42 Å². The van der Waals surface area contributed by atoms with Crippen molar-refractivity contribution in [2.24, 2.45) is 0 Å². The van der Waals surface area contributed by atoms with Gasteiger partial charge in [-0.3, -0.25) is 0 Å². The molecule has 0 bridgehead atoms. The lowest BCUT2D eigenvalue weighted by atomic mass is 10.3. The highest BCUT2D eigenvalue weighted by Crippen LogP contribution is 2.27. The molecule has 0 saturated heterocycles. The molecule has 4 nitrogen and oxygen atoms in total. The average Bonchev–Trinajstić information content (AvgIpc) is 2.97. The average molecular weight is 265 g/mol. The van der Waals surface area contributed by atoms with Gasteiger partial charge in [0.05, 0.1) is 11.8 Å². The molecule has 18 heavy (non-hydrogen) atoms. The molecule has 0 unspecified atom stereocenters. The summed E-state index contributed by atoms with van der Waals surface area (Å²) < 4.78 is 5.28. The highest BCUT2D eigenvalue weighted by molar-refractivity contribution is 7.14. The van der Waals surface area contributed by atoms with E-state index in [1.54, 1.807) is 17.6 Å². The largest absolute Gasteiger partial charge is 0.469 e. The molecule has 2 aromatic heterocycles. The molecular weight excluding hydrogens is 246 g/mol. The Kier molecular flexibility index (Phi) is 4.90. The molecule has 0 aliphatic rings. The second kappa shape index (κ2) is 6.66. The van der Waals surface area contributed by atoms with E-state index in [0.29, 0.717) is 0 Å². The minimum Gasteiger partial charge on any atom is -0.469 e. The van der Waals surface area contributed by atoms with Crippen LogP contribution in [0, 0.1) is 6.92 Å². The standard InChI is InChI=1S/C13H19N3OS/c1-3-7-14-8-4-5-12-15-16-13(18-12)11-6-9-17-10(11)2/h6,9,14H,3-5,7-8H2,1-2H3. The molecule has 2 heterocycles. The van der Waals surface area contributed by atoms with Crippen LogP contribution in [-0.2, 0) is 6.42 Å². The van der Waals surface area contributed by atoms with Crippen LogP contribution in [0.2, 0.25) is 0 Å². The number of aryl methyl sites for hydroxylation is 2. The molecule has 0 spiro atoms. The smallest absolute Gasteiger partial charge is 0.151 e. The monoisotopic (exact) mass is 265 g/mol. The van der Waals surface area contributed by atoms with Gasteiger partial charge in [0.15, 0.2) is 5.01 Å². The summed E-state index contributed by atoms with van der Waals surface area (Å²) >= 11 is 1.66. The topological polar surface area (TPSA) is 51.0 Å². The predicted molar refractivity (Wildman–Crippen MR) is 73.8 cm³/mol. The zero-order valence-electron chi connectivity index (χ0n) is 10.9. The molecule has 0 aliphatic heterocycles. The van der Waals surface area contributed by atoms with Gasteiger partial charge in [-0.1, -0.05) is 18.3 Å². The van der Waals surface area contributed by atoms with Crippen molar-refractivity contribution in [1.82, 2.24) is 15.5 Å². The van der Waals surface area contributed by atoms with Crippen molar-refractivity contribution in [1.29, 1.82) is 0 Å². The number of rotatable bonds is 7. The van der Waals surface area contributed by atoms with Crippen LogP contribution in [0.1, 0.15) is 30.5 Å². The van der Waals surface area contributed by atoms with E-state index in [1.807, 2.05) is 13.0 Å². The van der Waals surface area contributed by atoms with E-state index in [2.05, 4.69) is 22.4 Å². The van der Waals surface area contributed by atoms with Crippen LogP contribution in [0.3, 0.4) is 0 Å². The zero-order chi connectivity index (χ0) is 12.8. The summed E-state index contributed by atoms with van der Waals surface area (Å²) in [5, 5.41) is 13.9. The van der Waals surface area contributed by atoms with Gasteiger partial charge in [-0.2, -0.15) is 0 Å². The van der Waals surface area contributed by atoms with E-state index in [-0.39, 0.29) is 0 Å². The van der Waals surface area contributed by atoms with Gasteiger partial charge in [0.2, 0.25) is 0 Å². The maximum atomic E-state index is 5.28. The van der Waals surface area contributed by atoms with Crippen LogP contribution < -0.4 is 5.32 Å². The van der Waals surface area contributed by atoms with Crippen LogP contribution in [-0.4, -0.2) is 23.3 Å². The SMILES string of the molecule is CCCNCCCc1nnc(-c2ccoc2C)s1. The summed E-state index contributed by atoms with van der Waals surface area (Å²) in [6.07, 6.45) is 4.98. The van der Waals surface area contributed by atoms with E-state index >= 15 is 0 Å². The first-order valence-electron chi connectivity index (χ1n) is 6.39.